The molecule has 0 fully saturated rings. The summed E-state index contributed by atoms with van der Waals surface area (Å²) in [7, 11) is 0. The summed E-state index contributed by atoms with van der Waals surface area (Å²) in [5.41, 5.74) is 7.90. The number of halogens is 1. The van der Waals surface area contributed by atoms with E-state index in [0.717, 1.165) is 16.9 Å². The number of alkyl halides is 1. The van der Waals surface area contributed by atoms with Crippen LogP contribution >= 0.6 is 0 Å². The van der Waals surface area contributed by atoms with Crippen LogP contribution in [-0.2, 0) is 6.61 Å². The molecule has 0 unspecified atom stereocenters. The molecule has 0 saturated heterocycles. The number of nitrogens with two attached hydrogens (primary N) is 1. The Morgan fingerprint density at radius 3 is 2.58 bits per heavy atom. The first-order valence-electron chi connectivity index (χ1n) is 6.38. The summed E-state index contributed by atoms with van der Waals surface area (Å²) in [6, 6.07) is 17.2. The van der Waals surface area contributed by atoms with E-state index in [4.69, 9.17) is 10.5 Å². The summed E-state index contributed by atoms with van der Waals surface area (Å²) in [6.45, 7) is 0.110. The predicted octanol–water partition coefficient (Wildman–Crippen LogP) is 3.63. The maximum Gasteiger partial charge on any atom is 0.120 e. The molecule has 0 amide bonds. The highest BCUT2D eigenvalue weighted by molar-refractivity contribution is 5.30. The zero-order chi connectivity index (χ0) is 13.5. The van der Waals surface area contributed by atoms with Crippen LogP contribution in [0.25, 0.3) is 0 Å². The largest absolute Gasteiger partial charge is 0.489 e. The average Bonchev–Trinajstić information content (AvgIpc) is 2.47. The number of ether oxygens (including phenoxy) is 1. The van der Waals surface area contributed by atoms with Crippen molar-refractivity contribution in [3.05, 3.63) is 65.7 Å². The van der Waals surface area contributed by atoms with Crippen molar-refractivity contribution >= 4 is 0 Å². The molecule has 3 heteroatoms. The highest BCUT2D eigenvalue weighted by atomic mass is 19.1. The second-order valence-electron chi connectivity index (χ2n) is 4.43. The topological polar surface area (TPSA) is 35.2 Å². The van der Waals surface area contributed by atoms with Crippen molar-refractivity contribution in [3.63, 3.8) is 0 Å². The highest BCUT2D eigenvalue weighted by Crippen LogP contribution is 2.20. The standard InChI is InChI=1S/C16H18FNO/c17-10-9-16(18)14-7-4-8-15(11-14)19-12-13-5-2-1-3-6-13/h1-8,11,16H,9-10,12,18H2/t16-/m1/s1. The summed E-state index contributed by atoms with van der Waals surface area (Å²) in [5, 5.41) is 0. The van der Waals surface area contributed by atoms with Crippen molar-refractivity contribution in [3.8, 4) is 5.75 Å². The molecule has 2 aromatic carbocycles. The molecule has 1 atom stereocenters. The molecule has 0 spiro atoms. The lowest BCUT2D eigenvalue weighted by Crippen LogP contribution is -2.11. The van der Waals surface area contributed by atoms with Crippen molar-refractivity contribution in [2.24, 2.45) is 5.73 Å². The first-order valence-corrected chi connectivity index (χ1v) is 6.38. The van der Waals surface area contributed by atoms with Gasteiger partial charge in [0.15, 0.2) is 0 Å². The minimum absolute atomic E-state index is 0.273. The maximum atomic E-state index is 12.3. The van der Waals surface area contributed by atoms with Crippen LogP contribution < -0.4 is 10.5 Å². The van der Waals surface area contributed by atoms with Gasteiger partial charge in [-0.1, -0.05) is 42.5 Å². The first-order chi connectivity index (χ1) is 9.29. The van der Waals surface area contributed by atoms with E-state index in [-0.39, 0.29) is 6.04 Å². The lowest BCUT2D eigenvalue weighted by molar-refractivity contribution is 0.305. The number of rotatable bonds is 6. The van der Waals surface area contributed by atoms with E-state index in [1.807, 2.05) is 54.6 Å². The predicted molar refractivity (Wildman–Crippen MR) is 74.7 cm³/mol. The van der Waals surface area contributed by atoms with Gasteiger partial charge in [0.1, 0.15) is 12.4 Å². The molecular weight excluding hydrogens is 241 g/mol. The lowest BCUT2D eigenvalue weighted by atomic mass is 10.1. The van der Waals surface area contributed by atoms with E-state index in [2.05, 4.69) is 0 Å². The van der Waals surface area contributed by atoms with Gasteiger partial charge in [-0.3, -0.25) is 4.39 Å². The number of hydrogen-bond acceptors (Lipinski definition) is 2. The molecule has 0 aliphatic rings. The van der Waals surface area contributed by atoms with Crippen LogP contribution in [0.3, 0.4) is 0 Å². The van der Waals surface area contributed by atoms with Crippen LogP contribution in [0.15, 0.2) is 54.6 Å². The molecule has 2 aromatic rings. The third kappa shape index (κ3) is 4.07. The minimum Gasteiger partial charge on any atom is -0.489 e. The molecule has 0 aromatic heterocycles. The van der Waals surface area contributed by atoms with Gasteiger partial charge >= 0.3 is 0 Å². The Balaban J connectivity index is 1.99. The Hall–Kier alpha value is -1.87. The Morgan fingerprint density at radius 1 is 1.05 bits per heavy atom. The van der Waals surface area contributed by atoms with Gasteiger partial charge in [0.25, 0.3) is 0 Å². The number of benzene rings is 2. The SMILES string of the molecule is N[C@H](CCF)c1cccc(OCc2ccccc2)c1. The van der Waals surface area contributed by atoms with Crippen molar-refractivity contribution in [1.29, 1.82) is 0 Å². The second kappa shape index (κ2) is 6.90. The van der Waals surface area contributed by atoms with Gasteiger partial charge in [-0.15, -0.1) is 0 Å². The molecule has 100 valence electrons. The van der Waals surface area contributed by atoms with Crippen LogP contribution in [0.4, 0.5) is 4.39 Å². The van der Waals surface area contributed by atoms with Gasteiger partial charge in [-0.25, -0.2) is 0 Å². The van der Waals surface area contributed by atoms with Gasteiger partial charge in [-0.05, 0) is 29.7 Å². The van der Waals surface area contributed by atoms with E-state index in [0.29, 0.717) is 13.0 Å². The molecule has 0 heterocycles. The summed E-state index contributed by atoms with van der Waals surface area (Å²) >= 11 is 0. The minimum atomic E-state index is -0.406. The number of hydrogen-bond donors (Lipinski definition) is 1. The van der Waals surface area contributed by atoms with E-state index in [1.54, 1.807) is 0 Å². The molecule has 0 radical (unpaired) electrons. The quantitative estimate of drug-likeness (QED) is 0.859. The summed E-state index contributed by atoms with van der Waals surface area (Å²) < 4.78 is 18.0. The molecule has 0 aliphatic carbocycles. The van der Waals surface area contributed by atoms with E-state index < -0.39 is 6.67 Å². The Labute approximate surface area is 113 Å². The molecule has 2 N–H and O–H groups in total. The van der Waals surface area contributed by atoms with Gasteiger partial charge in [0, 0.05) is 6.04 Å². The first kappa shape index (κ1) is 13.6. The fourth-order valence-electron chi connectivity index (χ4n) is 1.86. The zero-order valence-electron chi connectivity index (χ0n) is 10.8. The average molecular weight is 259 g/mol. The van der Waals surface area contributed by atoms with Crippen molar-refractivity contribution in [2.45, 2.75) is 19.1 Å². The van der Waals surface area contributed by atoms with E-state index in [1.165, 1.54) is 0 Å². The van der Waals surface area contributed by atoms with Gasteiger partial charge in [0.2, 0.25) is 0 Å². The van der Waals surface area contributed by atoms with E-state index in [9.17, 15) is 4.39 Å². The van der Waals surface area contributed by atoms with Crippen molar-refractivity contribution in [1.82, 2.24) is 0 Å². The zero-order valence-corrected chi connectivity index (χ0v) is 10.8. The summed E-state index contributed by atoms with van der Waals surface area (Å²) in [4.78, 5) is 0. The Morgan fingerprint density at radius 2 is 1.84 bits per heavy atom. The van der Waals surface area contributed by atoms with Crippen LogP contribution in [-0.4, -0.2) is 6.67 Å². The normalized spacial score (nSPS) is 12.1. The molecule has 2 nitrogen and oxygen atoms in total. The van der Waals surface area contributed by atoms with Crippen LogP contribution in [0, 0.1) is 0 Å². The van der Waals surface area contributed by atoms with Crippen molar-refractivity contribution < 1.29 is 9.13 Å². The van der Waals surface area contributed by atoms with Crippen LogP contribution in [0.1, 0.15) is 23.6 Å². The van der Waals surface area contributed by atoms with Gasteiger partial charge < -0.3 is 10.5 Å². The molecular formula is C16H18FNO. The third-order valence-electron chi connectivity index (χ3n) is 2.95. The smallest absolute Gasteiger partial charge is 0.120 e. The summed E-state index contributed by atoms with van der Waals surface area (Å²) in [6.07, 6.45) is 0.335. The van der Waals surface area contributed by atoms with Crippen molar-refractivity contribution in [2.75, 3.05) is 6.67 Å². The maximum absolute atomic E-state index is 12.3. The molecule has 0 bridgehead atoms. The third-order valence-corrected chi connectivity index (χ3v) is 2.95. The fraction of sp³-hybridized carbons (Fsp3) is 0.250. The monoisotopic (exact) mass is 259 g/mol. The Kier molecular flexibility index (Phi) is 4.93. The Bertz CT molecular complexity index is 501. The molecule has 0 aliphatic heterocycles. The van der Waals surface area contributed by atoms with Crippen LogP contribution in [0.2, 0.25) is 0 Å². The fourth-order valence-corrected chi connectivity index (χ4v) is 1.86. The van der Waals surface area contributed by atoms with E-state index >= 15 is 0 Å². The summed E-state index contributed by atoms with van der Waals surface area (Å²) in [5.74, 6) is 0.760. The lowest BCUT2D eigenvalue weighted by Gasteiger charge is -2.12. The highest BCUT2D eigenvalue weighted by Gasteiger charge is 2.06. The van der Waals surface area contributed by atoms with Gasteiger partial charge in [-0.2, -0.15) is 0 Å². The molecule has 0 saturated carbocycles. The second-order valence-corrected chi connectivity index (χ2v) is 4.43. The molecule has 19 heavy (non-hydrogen) atoms. The molecule has 2 rings (SSSR count). The van der Waals surface area contributed by atoms with Crippen LogP contribution in [0.5, 0.6) is 5.75 Å². The van der Waals surface area contributed by atoms with Gasteiger partial charge in [0.05, 0.1) is 6.67 Å².